The third-order valence-electron chi connectivity index (χ3n) is 20.7. The number of carbonyl (C=O) groups is 8. The van der Waals surface area contributed by atoms with E-state index in [-0.39, 0.29) is 47.3 Å². The third kappa shape index (κ3) is 19.3. The molecule has 0 fully saturated rings. The van der Waals surface area contributed by atoms with Crippen molar-refractivity contribution < 1.29 is 42.8 Å². The number of nitrogens with zero attached hydrogens (tertiary/aromatic N) is 13. The molecule has 20 rings (SSSR count). The van der Waals surface area contributed by atoms with Gasteiger partial charge in [0, 0.05) is 147 Å². The Hall–Kier alpha value is -13.4. The van der Waals surface area contributed by atoms with Gasteiger partial charge in [-0.3, -0.25) is 68.3 Å². The summed E-state index contributed by atoms with van der Waals surface area (Å²) in [6, 6.07) is 49.4. The van der Waals surface area contributed by atoms with Gasteiger partial charge in [0.15, 0.2) is 0 Å². The lowest BCUT2D eigenvalue weighted by atomic mass is 9.96. The molecule has 0 spiro atoms. The number of thiophene rings is 6. The quantitative estimate of drug-likeness (QED) is 0.112. The van der Waals surface area contributed by atoms with E-state index in [2.05, 4.69) is 110 Å². The second kappa shape index (κ2) is 39.0. The maximum atomic E-state index is 12.4. The lowest BCUT2D eigenvalue weighted by Crippen LogP contribution is -2.21. The van der Waals surface area contributed by atoms with Crippen LogP contribution in [-0.4, -0.2) is 137 Å². The maximum absolute atomic E-state index is 12.4. The molecule has 19 heterocycles. The number of amides is 8. The van der Waals surface area contributed by atoms with Gasteiger partial charge in [-0.2, -0.15) is 0 Å². The molecule has 0 saturated carbocycles. The highest BCUT2D eigenvalue weighted by atomic mass is 32.1. The van der Waals surface area contributed by atoms with Crippen LogP contribution in [-0.2, 0) is 51.4 Å². The highest BCUT2D eigenvalue weighted by molar-refractivity contribution is 7.16. The molecule has 125 heavy (non-hydrogen) atoms. The summed E-state index contributed by atoms with van der Waals surface area (Å²) in [5.74, 6) is -0.172. The zero-order valence-corrected chi connectivity index (χ0v) is 74.3. The van der Waals surface area contributed by atoms with E-state index in [9.17, 15) is 38.4 Å². The van der Waals surface area contributed by atoms with Crippen molar-refractivity contribution in [2.75, 3.05) is 21.1 Å². The molecule has 0 atom stereocenters. The monoisotopic (exact) mass is 1760 g/mol. The number of hydrogen-bond acceptors (Lipinski definition) is 21. The van der Waals surface area contributed by atoms with Gasteiger partial charge in [0.1, 0.15) is 5.76 Å². The van der Waals surface area contributed by atoms with Crippen LogP contribution in [0, 0.1) is 26.7 Å². The fourth-order valence-corrected chi connectivity index (χ4v) is 21.8. The molecule has 1 aromatic carbocycles. The van der Waals surface area contributed by atoms with Crippen molar-refractivity contribution in [1.82, 2.24) is 40.1 Å². The number of rotatable bonds is 13. The van der Waals surface area contributed by atoms with Crippen molar-refractivity contribution in [2.24, 2.45) is 35.9 Å². The molecule has 13 aromatic heterocycles. The normalized spacial score (nSPS) is 13.9. The van der Waals surface area contributed by atoms with E-state index in [1.807, 2.05) is 158 Å². The first kappa shape index (κ1) is 86.5. The van der Waals surface area contributed by atoms with Crippen LogP contribution in [0.15, 0.2) is 246 Å². The number of aryl methyl sites for hydroxylation is 1. The standard InChI is InChI=1S/C18H12N2OS.C16H15N3O2S.C16H10N2O2S.C16H16N2OS.C15H13N3O2S.C15H14N2OS/c21-18-13-10-16(12-6-2-1-3-7-12)22-17(13)11-15(20-18)14-8-4-5-9-19-14;1-9-13-12(22-14(9)16(21)19(2)3)8-11(18-15(13)20)10-6-4-5-7-17-10;19-16-15-10(13-5-3-7-20-13)9-21-14(15)8-12(18-16)11-4-1-2-6-17-11;1-10(2)7-11-9-20-14-8-13(18-16(19)15(11)14)12-5-3-4-6-17-12;1-8-12-11(21-13(8)15(20)16-2)7-10(18-14(12)19)9-5-3-4-6-17-9;1-3-10-9(2)19-13-8-12(17-15(18)14(10)13)11-6-4-5-7-16-11/h1-10H,11H2;4-7H,8H2,1-3H3;1-7,9H,8H2;3-6,9-10H,7-8H2,1-2H3;3-6H,7H2,1-2H3,(H,16,20);4-7H,3,8H2,1-2H3. The predicted octanol–water partition coefficient (Wildman–Crippen LogP) is 18.6. The Morgan fingerprint density at radius 1 is 0.424 bits per heavy atom. The lowest BCUT2D eigenvalue weighted by molar-refractivity contribution is 0.0829. The molecular formula is C96H80N14O9S6. The van der Waals surface area contributed by atoms with E-state index in [4.69, 9.17) is 4.42 Å². The first-order valence-corrected chi connectivity index (χ1v) is 45.0. The summed E-state index contributed by atoms with van der Waals surface area (Å²) in [6.45, 7) is 12.1. The van der Waals surface area contributed by atoms with Crippen LogP contribution in [0.2, 0.25) is 0 Å². The topological polar surface area (TPSA) is 316 Å². The zero-order valence-electron chi connectivity index (χ0n) is 69.4. The smallest absolute Gasteiger partial charge is 0.279 e. The number of aliphatic imine (C=N–C) groups is 6. The molecule has 0 saturated heterocycles. The average Bonchev–Trinajstić information content (AvgIpc) is 1.77. The summed E-state index contributed by atoms with van der Waals surface area (Å²) < 4.78 is 5.40. The Kier molecular flexibility index (Phi) is 27.0. The molecule has 23 nitrogen and oxygen atoms in total. The number of aromatic nitrogens is 6. The molecule has 624 valence electrons. The van der Waals surface area contributed by atoms with Crippen molar-refractivity contribution in [2.45, 2.75) is 92.9 Å². The summed E-state index contributed by atoms with van der Waals surface area (Å²) in [6.07, 6.45) is 17.5. The highest BCUT2D eigenvalue weighted by Crippen LogP contribution is 2.40. The number of furan rings is 1. The van der Waals surface area contributed by atoms with E-state index in [1.165, 1.54) is 32.5 Å². The van der Waals surface area contributed by atoms with Crippen molar-refractivity contribution in [3.05, 3.63) is 346 Å². The van der Waals surface area contributed by atoms with E-state index < -0.39 is 0 Å². The number of hydrogen-bond donors (Lipinski definition) is 1. The maximum Gasteiger partial charge on any atom is 0.279 e. The summed E-state index contributed by atoms with van der Waals surface area (Å²) in [5, 5.41) is 6.67. The van der Waals surface area contributed by atoms with Crippen LogP contribution in [0.25, 0.3) is 21.8 Å². The fraction of sp³-hybridized carbons (Fsp3) is 0.188. The molecule has 29 heteroatoms. The highest BCUT2D eigenvalue weighted by Gasteiger charge is 2.35. The lowest BCUT2D eigenvalue weighted by Gasteiger charge is -2.13. The Labute approximate surface area is 744 Å². The number of carbonyl (C=O) groups excluding carboxylic acids is 8. The van der Waals surface area contributed by atoms with Crippen molar-refractivity contribution in [3.8, 4) is 21.8 Å². The molecule has 0 aliphatic carbocycles. The van der Waals surface area contributed by atoms with Gasteiger partial charge in [-0.1, -0.05) is 87.5 Å². The summed E-state index contributed by atoms with van der Waals surface area (Å²) >= 11 is 9.34. The fourth-order valence-electron chi connectivity index (χ4n) is 14.7. The average molecular weight is 1770 g/mol. The van der Waals surface area contributed by atoms with Gasteiger partial charge >= 0.3 is 0 Å². The Balaban J connectivity index is 0.000000116. The molecular weight excluding hydrogens is 1690 g/mol. The minimum Gasteiger partial charge on any atom is -0.464 e. The van der Waals surface area contributed by atoms with Crippen LogP contribution in [0.5, 0.6) is 0 Å². The Bertz CT molecular complexity index is 6660. The Morgan fingerprint density at radius 2 is 0.816 bits per heavy atom. The van der Waals surface area contributed by atoms with Gasteiger partial charge in [0.2, 0.25) is 0 Å². The second-order valence-corrected chi connectivity index (χ2v) is 36.3. The van der Waals surface area contributed by atoms with Crippen LogP contribution >= 0.6 is 68.0 Å². The van der Waals surface area contributed by atoms with Gasteiger partial charge in [0.25, 0.3) is 47.3 Å². The minimum atomic E-state index is -0.291. The van der Waals surface area contributed by atoms with Gasteiger partial charge in [-0.25, -0.2) is 30.0 Å². The van der Waals surface area contributed by atoms with Crippen LogP contribution in [0.3, 0.4) is 0 Å². The van der Waals surface area contributed by atoms with Crippen LogP contribution < -0.4 is 5.32 Å². The summed E-state index contributed by atoms with van der Waals surface area (Å²) in [5.41, 5.74) is 18.8. The van der Waals surface area contributed by atoms with E-state index in [1.54, 1.807) is 117 Å². The molecule has 1 N–H and O–H groups in total. The minimum absolute atomic E-state index is 0.0795. The van der Waals surface area contributed by atoms with Crippen LogP contribution in [0.4, 0.5) is 0 Å². The van der Waals surface area contributed by atoms with E-state index in [0.717, 1.165) is 137 Å². The molecule has 6 aliphatic rings. The predicted molar refractivity (Wildman–Crippen MR) is 495 cm³/mol. The van der Waals surface area contributed by atoms with Crippen molar-refractivity contribution in [3.63, 3.8) is 0 Å². The third-order valence-corrected chi connectivity index (χ3v) is 27.6. The van der Waals surface area contributed by atoms with Gasteiger partial charge in [-0.15, -0.1) is 68.0 Å². The first-order valence-electron chi connectivity index (χ1n) is 40.0. The van der Waals surface area contributed by atoms with Gasteiger partial charge in [0.05, 0.1) is 118 Å². The molecule has 6 aliphatic heterocycles. The summed E-state index contributed by atoms with van der Waals surface area (Å²) in [4.78, 5) is 160. The summed E-state index contributed by atoms with van der Waals surface area (Å²) in [7, 11) is 4.99. The molecule has 0 unspecified atom stereocenters. The van der Waals surface area contributed by atoms with Crippen molar-refractivity contribution in [1.29, 1.82) is 0 Å². The SMILES string of the molecule is CC(C)Cc1csc2c1C(=O)N=C(c1ccccn1)C2.CCc1c(C)sc2c1C(=O)N=C(c1ccccn1)C2.CNC(=O)c1sc2c(c1C)C(=O)N=C(c1ccccn1)C2.Cc1c(C(=O)N(C)C)sc2c1C(=O)N=C(c1ccccn1)C2.O=C1N=C(c2ccccn2)Cc2sc(-c3ccccc3)cc21.O=C1N=C(c2ccccn2)Cc2scc(-c3ccco3)c21. The molecule has 8 amide bonds. The van der Waals surface area contributed by atoms with Crippen molar-refractivity contribution >= 4 is 150 Å². The Morgan fingerprint density at radius 3 is 1.24 bits per heavy atom. The number of nitrogens with one attached hydrogen (secondary N) is 1. The largest absolute Gasteiger partial charge is 0.464 e. The molecule has 14 aromatic rings. The second-order valence-electron chi connectivity index (χ2n) is 29.7. The number of benzene rings is 1. The van der Waals surface area contributed by atoms with Crippen LogP contribution in [0.1, 0.15) is 193 Å². The van der Waals surface area contributed by atoms with E-state index in [0.29, 0.717) is 105 Å². The molecule has 0 radical (unpaired) electrons. The molecule has 0 bridgehead atoms. The number of pyridine rings is 6. The van der Waals surface area contributed by atoms with Gasteiger partial charge in [-0.05, 0) is 164 Å². The zero-order chi connectivity index (χ0) is 87.5. The number of fused-ring (bicyclic) bond motifs is 6. The van der Waals surface area contributed by atoms with E-state index >= 15 is 0 Å². The van der Waals surface area contributed by atoms with Gasteiger partial charge < -0.3 is 14.6 Å². The first-order chi connectivity index (χ1) is 60.6.